The Hall–Kier alpha value is -0.920. The van der Waals surface area contributed by atoms with Crippen molar-refractivity contribution in [1.82, 2.24) is 4.72 Å². The molecule has 2 N–H and O–H groups in total. The zero-order chi connectivity index (χ0) is 15.2. The molecule has 112 valence electrons. The molecule has 1 aromatic rings. The van der Waals surface area contributed by atoms with Crippen LogP contribution in [-0.2, 0) is 26.4 Å². The van der Waals surface area contributed by atoms with Crippen molar-refractivity contribution in [1.29, 1.82) is 0 Å². The van der Waals surface area contributed by atoms with Gasteiger partial charge in [-0.25, -0.2) is 21.6 Å². The van der Waals surface area contributed by atoms with Gasteiger partial charge in [-0.2, -0.15) is 0 Å². The average Bonchev–Trinajstić information content (AvgIpc) is 2.79. The van der Waals surface area contributed by atoms with Gasteiger partial charge in [-0.05, 0) is 12.1 Å². The molecular weight excluding hydrogens is 322 g/mol. The van der Waals surface area contributed by atoms with E-state index in [-0.39, 0.29) is 13.2 Å². The first-order valence-corrected chi connectivity index (χ1v) is 10.1. The van der Waals surface area contributed by atoms with Crippen molar-refractivity contribution in [3.63, 3.8) is 0 Å². The standard InChI is InChI=1S/C11H15NO5S3/c1-19(14,15)7-8-20(16,17)12-9-11-5-4-10(18-11)3-2-6-13/h4-5,12-13H,6-9H2,1H3. The second-order valence-corrected chi connectivity index (χ2v) is 9.35. The molecule has 1 aromatic heterocycles. The summed E-state index contributed by atoms with van der Waals surface area (Å²) in [7, 11) is -6.92. The van der Waals surface area contributed by atoms with Gasteiger partial charge in [0.2, 0.25) is 10.0 Å². The van der Waals surface area contributed by atoms with Gasteiger partial charge in [0.05, 0.1) is 16.4 Å². The molecule has 0 aliphatic rings. The fraction of sp³-hybridized carbons (Fsp3) is 0.455. The molecular formula is C11H15NO5S3. The molecule has 0 fully saturated rings. The monoisotopic (exact) mass is 337 g/mol. The Morgan fingerprint density at radius 1 is 1.25 bits per heavy atom. The number of thiophene rings is 1. The van der Waals surface area contributed by atoms with Crippen LogP contribution in [0.4, 0.5) is 0 Å². The third kappa shape index (κ3) is 7.02. The largest absolute Gasteiger partial charge is 0.384 e. The highest BCUT2D eigenvalue weighted by Crippen LogP contribution is 2.15. The lowest BCUT2D eigenvalue weighted by Crippen LogP contribution is -2.28. The van der Waals surface area contributed by atoms with Crippen molar-refractivity contribution >= 4 is 31.2 Å². The first kappa shape index (κ1) is 17.1. The van der Waals surface area contributed by atoms with E-state index in [9.17, 15) is 16.8 Å². The van der Waals surface area contributed by atoms with Crippen LogP contribution in [0.25, 0.3) is 0 Å². The van der Waals surface area contributed by atoms with Crippen LogP contribution in [0.15, 0.2) is 12.1 Å². The highest BCUT2D eigenvalue weighted by Gasteiger charge is 2.14. The van der Waals surface area contributed by atoms with Gasteiger partial charge in [0, 0.05) is 17.7 Å². The van der Waals surface area contributed by atoms with Crippen molar-refractivity contribution in [2.24, 2.45) is 0 Å². The number of sulfone groups is 1. The second kappa shape index (κ2) is 7.19. The van der Waals surface area contributed by atoms with Crippen LogP contribution in [-0.4, -0.2) is 46.3 Å². The van der Waals surface area contributed by atoms with E-state index in [1.54, 1.807) is 12.1 Å². The summed E-state index contributed by atoms with van der Waals surface area (Å²) in [5, 5.41) is 8.56. The third-order valence-electron chi connectivity index (χ3n) is 2.14. The molecule has 0 aliphatic carbocycles. The van der Waals surface area contributed by atoms with E-state index in [4.69, 9.17) is 5.11 Å². The van der Waals surface area contributed by atoms with Crippen LogP contribution >= 0.6 is 11.3 Å². The number of nitrogens with one attached hydrogen (secondary N) is 1. The molecule has 1 rings (SSSR count). The Bertz CT molecular complexity index is 707. The van der Waals surface area contributed by atoms with Gasteiger partial charge in [-0.1, -0.05) is 11.8 Å². The number of hydrogen-bond donors (Lipinski definition) is 2. The molecule has 1 heterocycles. The minimum absolute atomic E-state index is 0.0948. The molecule has 0 saturated heterocycles. The molecule has 6 nitrogen and oxygen atoms in total. The maximum absolute atomic E-state index is 11.6. The van der Waals surface area contributed by atoms with Crippen molar-refractivity contribution in [2.75, 3.05) is 24.4 Å². The van der Waals surface area contributed by atoms with Crippen LogP contribution < -0.4 is 4.72 Å². The molecule has 0 bridgehead atoms. The molecule has 0 saturated carbocycles. The predicted molar refractivity (Wildman–Crippen MR) is 78.6 cm³/mol. The Labute approximate surface area is 122 Å². The maximum atomic E-state index is 11.6. The molecule has 0 aliphatic heterocycles. The molecule has 0 radical (unpaired) electrons. The zero-order valence-electron chi connectivity index (χ0n) is 10.8. The van der Waals surface area contributed by atoms with E-state index in [1.165, 1.54) is 11.3 Å². The normalized spacial score (nSPS) is 11.9. The Morgan fingerprint density at radius 3 is 2.55 bits per heavy atom. The van der Waals surface area contributed by atoms with E-state index in [0.717, 1.165) is 16.0 Å². The number of aliphatic hydroxyl groups is 1. The van der Waals surface area contributed by atoms with E-state index < -0.39 is 31.4 Å². The molecule has 9 heteroatoms. The fourth-order valence-electron chi connectivity index (χ4n) is 1.18. The summed E-state index contributed by atoms with van der Waals surface area (Å²) in [5.74, 6) is 4.36. The fourth-order valence-corrected chi connectivity index (χ4v) is 4.70. The van der Waals surface area contributed by atoms with Gasteiger partial charge >= 0.3 is 0 Å². The highest BCUT2D eigenvalue weighted by molar-refractivity contribution is 7.93. The van der Waals surface area contributed by atoms with Crippen molar-refractivity contribution < 1.29 is 21.9 Å². The Balaban J connectivity index is 2.56. The van der Waals surface area contributed by atoms with E-state index in [1.807, 2.05) is 0 Å². The summed E-state index contributed by atoms with van der Waals surface area (Å²) in [6.07, 6.45) is 0.994. The summed E-state index contributed by atoms with van der Waals surface area (Å²) in [4.78, 5) is 1.49. The van der Waals surface area contributed by atoms with Crippen molar-refractivity contribution in [2.45, 2.75) is 6.54 Å². The summed E-state index contributed by atoms with van der Waals surface area (Å²) >= 11 is 1.31. The third-order valence-corrected chi connectivity index (χ3v) is 5.67. The summed E-state index contributed by atoms with van der Waals surface area (Å²) in [6, 6.07) is 3.46. The lowest BCUT2D eigenvalue weighted by atomic mass is 10.4. The Kier molecular flexibility index (Phi) is 6.16. The SMILES string of the molecule is CS(=O)(=O)CCS(=O)(=O)NCc1ccc(C#CCO)s1. The smallest absolute Gasteiger partial charge is 0.212 e. The first-order chi connectivity index (χ1) is 9.22. The highest BCUT2D eigenvalue weighted by atomic mass is 32.2. The lowest BCUT2D eigenvalue weighted by molar-refractivity contribution is 0.350. The molecule has 20 heavy (non-hydrogen) atoms. The molecule has 0 aromatic carbocycles. The van der Waals surface area contributed by atoms with Gasteiger partial charge in [0.25, 0.3) is 0 Å². The number of rotatable bonds is 6. The number of hydrogen-bond acceptors (Lipinski definition) is 6. The zero-order valence-corrected chi connectivity index (χ0v) is 13.2. The minimum Gasteiger partial charge on any atom is -0.384 e. The number of aliphatic hydroxyl groups excluding tert-OH is 1. The van der Waals surface area contributed by atoms with Gasteiger partial charge in [-0.3, -0.25) is 0 Å². The molecule has 0 spiro atoms. The Morgan fingerprint density at radius 2 is 1.95 bits per heavy atom. The lowest BCUT2D eigenvalue weighted by Gasteiger charge is -2.04. The summed E-state index contributed by atoms with van der Waals surface area (Å²) < 4.78 is 47.4. The van der Waals surface area contributed by atoms with Crippen molar-refractivity contribution in [3.05, 3.63) is 21.9 Å². The quantitative estimate of drug-likeness (QED) is 0.685. The molecule has 0 atom stereocenters. The van der Waals surface area contributed by atoms with E-state index >= 15 is 0 Å². The second-order valence-electron chi connectivity index (χ2n) is 4.00. The first-order valence-electron chi connectivity index (χ1n) is 5.55. The summed E-state index contributed by atoms with van der Waals surface area (Å²) in [5.41, 5.74) is 0. The van der Waals surface area contributed by atoms with Gasteiger partial charge in [0.15, 0.2) is 0 Å². The van der Waals surface area contributed by atoms with Crippen LogP contribution in [0.3, 0.4) is 0 Å². The minimum atomic E-state index is -3.62. The predicted octanol–water partition coefficient (Wildman–Crippen LogP) is -0.444. The van der Waals surface area contributed by atoms with E-state index in [2.05, 4.69) is 16.6 Å². The van der Waals surface area contributed by atoms with E-state index in [0.29, 0.717) is 0 Å². The van der Waals surface area contributed by atoms with Crippen molar-refractivity contribution in [3.8, 4) is 11.8 Å². The van der Waals surface area contributed by atoms with Crippen LogP contribution in [0.2, 0.25) is 0 Å². The van der Waals surface area contributed by atoms with Gasteiger partial charge in [0.1, 0.15) is 16.4 Å². The number of sulfonamides is 1. The van der Waals surface area contributed by atoms with Crippen LogP contribution in [0.1, 0.15) is 9.75 Å². The average molecular weight is 337 g/mol. The summed E-state index contributed by atoms with van der Waals surface area (Å²) in [6.45, 7) is -0.136. The molecule has 0 amide bonds. The molecule has 0 unspecified atom stereocenters. The van der Waals surface area contributed by atoms with Gasteiger partial charge < -0.3 is 5.11 Å². The van der Waals surface area contributed by atoms with Gasteiger partial charge in [-0.15, -0.1) is 11.3 Å². The van der Waals surface area contributed by atoms with Crippen LogP contribution in [0.5, 0.6) is 0 Å². The topological polar surface area (TPSA) is 101 Å². The maximum Gasteiger partial charge on any atom is 0.212 e. The van der Waals surface area contributed by atoms with Crippen LogP contribution in [0, 0.1) is 11.8 Å².